The Bertz CT molecular complexity index is 685. The van der Waals surface area contributed by atoms with Gasteiger partial charge in [-0.05, 0) is 37.3 Å². The minimum atomic E-state index is -1.31. The molecule has 5 nitrogen and oxygen atoms in total. The van der Waals surface area contributed by atoms with Crippen molar-refractivity contribution in [3.05, 3.63) is 51.5 Å². The van der Waals surface area contributed by atoms with E-state index in [-0.39, 0.29) is 11.3 Å². The Morgan fingerprint density at radius 1 is 1.29 bits per heavy atom. The van der Waals surface area contributed by atoms with Gasteiger partial charge in [0, 0.05) is 9.75 Å². The lowest BCUT2D eigenvalue weighted by Crippen LogP contribution is -2.28. The van der Waals surface area contributed by atoms with Gasteiger partial charge in [-0.15, -0.1) is 11.3 Å². The molecule has 0 fully saturated rings. The summed E-state index contributed by atoms with van der Waals surface area (Å²) in [5.41, 5.74) is -0.249. The van der Waals surface area contributed by atoms with E-state index >= 15 is 0 Å². The number of carbonyl (C=O) groups is 2. The molecule has 3 N–H and O–H groups in total. The number of rotatable bonds is 4. The van der Waals surface area contributed by atoms with E-state index in [1.54, 1.807) is 11.3 Å². The molecule has 110 valence electrons. The lowest BCUT2D eigenvalue weighted by atomic mass is 10.2. The fourth-order valence-electron chi connectivity index (χ4n) is 1.72. The number of benzene rings is 1. The summed E-state index contributed by atoms with van der Waals surface area (Å²) in [6.45, 7) is 2.31. The van der Waals surface area contributed by atoms with E-state index < -0.39 is 17.8 Å². The van der Waals surface area contributed by atoms with Crippen molar-refractivity contribution in [1.29, 1.82) is 0 Å². The number of nitrogens with one attached hydrogen (secondary N) is 2. The molecule has 0 aliphatic rings. The first-order chi connectivity index (χ1) is 9.95. The van der Waals surface area contributed by atoms with Gasteiger partial charge < -0.3 is 15.7 Å². The lowest BCUT2D eigenvalue weighted by Gasteiger charge is -2.09. The number of urea groups is 1. The smallest absolute Gasteiger partial charge is 0.337 e. The van der Waals surface area contributed by atoms with E-state index in [4.69, 9.17) is 5.11 Å². The quantitative estimate of drug-likeness (QED) is 0.811. The molecule has 0 saturated carbocycles. The molecular weight excluding hydrogens is 295 g/mol. The normalized spacial score (nSPS) is 10.2. The number of amides is 2. The minimum absolute atomic E-state index is 0.0451. The average Bonchev–Trinajstić information content (AvgIpc) is 2.84. The van der Waals surface area contributed by atoms with Crippen LogP contribution in [0.5, 0.6) is 0 Å². The molecule has 0 saturated heterocycles. The Labute approximate surface area is 124 Å². The van der Waals surface area contributed by atoms with Crippen molar-refractivity contribution >= 4 is 29.0 Å². The van der Waals surface area contributed by atoms with Gasteiger partial charge in [-0.1, -0.05) is 0 Å². The highest BCUT2D eigenvalue weighted by atomic mass is 32.1. The van der Waals surface area contributed by atoms with Crippen molar-refractivity contribution in [2.24, 2.45) is 0 Å². The number of carboxylic acids is 1. The molecule has 0 spiro atoms. The van der Waals surface area contributed by atoms with Crippen LogP contribution in [0.2, 0.25) is 0 Å². The Morgan fingerprint density at radius 2 is 2.05 bits per heavy atom. The molecule has 1 aromatic carbocycles. The summed E-state index contributed by atoms with van der Waals surface area (Å²) in [6.07, 6.45) is 0. The molecule has 2 amide bonds. The van der Waals surface area contributed by atoms with Crippen LogP contribution in [0.1, 0.15) is 20.1 Å². The molecule has 0 unspecified atom stereocenters. The third-order valence-electron chi connectivity index (χ3n) is 2.68. The third-order valence-corrected chi connectivity index (χ3v) is 3.68. The maximum atomic E-state index is 13.0. The Balaban J connectivity index is 2.01. The fourth-order valence-corrected chi connectivity index (χ4v) is 2.55. The van der Waals surface area contributed by atoms with E-state index in [0.29, 0.717) is 6.54 Å². The Hall–Kier alpha value is -2.41. The molecular formula is C14H13FN2O3S. The van der Waals surface area contributed by atoms with Crippen molar-refractivity contribution in [2.45, 2.75) is 13.5 Å². The maximum absolute atomic E-state index is 13.0. The summed E-state index contributed by atoms with van der Waals surface area (Å²) < 4.78 is 13.0. The molecule has 0 atom stereocenters. The number of anilines is 1. The van der Waals surface area contributed by atoms with Gasteiger partial charge in [-0.25, -0.2) is 14.0 Å². The van der Waals surface area contributed by atoms with Crippen LogP contribution in [0.25, 0.3) is 0 Å². The van der Waals surface area contributed by atoms with E-state index in [2.05, 4.69) is 10.6 Å². The summed E-state index contributed by atoms with van der Waals surface area (Å²) in [7, 11) is 0. The molecule has 7 heteroatoms. The summed E-state index contributed by atoms with van der Waals surface area (Å²) in [5.74, 6) is -1.98. The molecule has 1 heterocycles. The maximum Gasteiger partial charge on any atom is 0.337 e. The zero-order chi connectivity index (χ0) is 15.4. The van der Waals surface area contributed by atoms with Gasteiger partial charge in [-0.3, -0.25) is 0 Å². The van der Waals surface area contributed by atoms with Gasteiger partial charge in [-0.2, -0.15) is 0 Å². The van der Waals surface area contributed by atoms with Gasteiger partial charge in [0.25, 0.3) is 0 Å². The zero-order valence-corrected chi connectivity index (χ0v) is 12.0. The summed E-state index contributed by atoms with van der Waals surface area (Å²) in [4.78, 5) is 24.9. The molecule has 0 radical (unpaired) electrons. The van der Waals surface area contributed by atoms with E-state index in [1.807, 2.05) is 19.1 Å². The highest BCUT2D eigenvalue weighted by Crippen LogP contribution is 2.17. The van der Waals surface area contributed by atoms with E-state index in [9.17, 15) is 14.0 Å². The van der Waals surface area contributed by atoms with Crippen molar-refractivity contribution in [3.63, 3.8) is 0 Å². The topological polar surface area (TPSA) is 78.4 Å². The van der Waals surface area contributed by atoms with Crippen molar-refractivity contribution in [2.75, 3.05) is 5.32 Å². The van der Waals surface area contributed by atoms with Gasteiger partial charge in [0.1, 0.15) is 5.82 Å². The molecule has 0 aliphatic carbocycles. The highest BCUT2D eigenvalue weighted by Gasteiger charge is 2.13. The van der Waals surface area contributed by atoms with Crippen molar-refractivity contribution in [3.8, 4) is 0 Å². The van der Waals surface area contributed by atoms with Crippen LogP contribution in [0.4, 0.5) is 14.9 Å². The molecule has 0 bridgehead atoms. The van der Waals surface area contributed by atoms with Crippen LogP contribution in [0.15, 0.2) is 30.3 Å². The lowest BCUT2D eigenvalue weighted by molar-refractivity contribution is 0.0697. The second-order valence-electron chi connectivity index (χ2n) is 4.32. The SMILES string of the molecule is Cc1ccc(CNC(=O)Nc2ccc(F)cc2C(=O)O)s1. The second kappa shape index (κ2) is 6.36. The first-order valence-corrected chi connectivity index (χ1v) is 6.90. The van der Waals surface area contributed by atoms with Gasteiger partial charge in [0.15, 0.2) is 0 Å². The first-order valence-electron chi connectivity index (χ1n) is 6.08. The summed E-state index contributed by atoms with van der Waals surface area (Å²) in [5, 5.41) is 14.0. The Morgan fingerprint density at radius 3 is 2.67 bits per heavy atom. The monoisotopic (exact) mass is 308 g/mol. The van der Waals surface area contributed by atoms with Crippen molar-refractivity contribution in [1.82, 2.24) is 5.32 Å². The molecule has 1 aromatic heterocycles. The predicted molar refractivity (Wildman–Crippen MR) is 78.3 cm³/mol. The number of carbonyl (C=O) groups excluding carboxylic acids is 1. The molecule has 2 rings (SSSR count). The number of hydrogen-bond donors (Lipinski definition) is 3. The van der Waals surface area contributed by atoms with Crippen LogP contribution < -0.4 is 10.6 Å². The predicted octanol–water partition coefficient (Wildman–Crippen LogP) is 3.22. The van der Waals surface area contributed by atoms with E-state index in [0.717, 1.165) is 21.9 Å². The zero-order valence-electron chi connectivity index (χ0n) is 11.1. The number of aryl methyl sites for hydroxylation is 1. The van der Waals surface area contributed by atoms with Crippen LogP contribution in [0.3, 0.4) is 0 Å². The van der Waals surface area contributed by atoms with Crippen LogP contribution in [0, 0.1) is 12.7 Å². The number of aromatic carboxylic acids is 1. The Kier molecular flexibility index (Phi) is 4.54. The number of hydrogen-bond acceptors (Lipinski definition) is 3. The molecule has 0 aliphatic heterocycles. The summed E-state index contributed by atoms with van der Waals surface area (Å²) in [6, 6.07) is 6.47. The number of halogens is 1. The molecule has 2 aromatic rings. The van der Waals surface area contributed by atoms with Gasteiger partial charge in [0.2, 0.25) is 0 Å². The third kappa shape index (κ3) is 4.03. The minimum Gasteiger partial charge on any atom is -0.478 e. The summed E-state index contributed by atoms with van der Waals surface area (Å²) >= 11 is 1.56. The van der Waals surface area contributed by atoms with Crippen LogP contribution in [-0.4, -0.2) is 17.1 Å². The highest BCUT2D eigenvalue weighted by molar-refractivity contribution is 7.11. The van der Waals surface area contributed by atoms with Crippen molar-refractivity contribution < 1.29 is 19.1 Å². The van der Waals surface area contributed by atoms with E-state index in [1.165, 1.54) is 6.07 Å². The number of carboxylic acid groups (broad SMARTS) is 1. The van der Waals surface area contributed by atoms with Crippen LogP contribution in [-0.2, 0) is 6.54 Å². The standard InChI is InChI=1S/C14H13FN2O3S/c1-8-2-4-10(21-8)7-16-14(20)17-12-5-3-9(15)6-11(12)13(18)19/h2-6H,7H2,1H3,(H,18,19)(H2,16,17,20). The van der Waals surface area contributed by atoms with Gasteiger partial charge in [0.05, 0.1) is 17.8 Å². The first kappa shape index (κ1) is 15.0. The average molecular weight is 308 g/mol. The number of thiophene rings is 1. The largest absolute Gasteiger partial charge is 0.478 e. The molecule has 21 heavy (non-hydrogen) atoms. The fraction of sp³-hybridized carbons (Fsp3) is 0.143. The van der Waals surface area contributed by atoms with Gasteiger partial charge >= 0.3 is 12.0 Å². The van der Waals surface area contributed by atoms with Crippen LogP contribution >= 0.6 is 11.3 Å². The second-order valence-corrected chi connectivity index (χ2v) is 5.69.